The van der Waals surface area contributed by atoms with E-state index in [1.165, 1.54) is 12.1 Å². The summed E-state index contributed by atoms with van der Waals surface area (Å²) < 4.78 is 37.0. The summed E-state index contributed by atoms with van der Waals surface area (Å²) in [7, 11) is 0. The van der Waals surface area contributed by atoms with Gasteiger partial charge < -0.3 is 0 Å². The van der Waals surface area contributed by atoms with Crippen molar-refractivity contribution in [3.63, 3.8) is 0 Å². The third kappa shape index (κ3) is 1.90. The number of halogens is 4. The van der Waals surface area contributed by atoms with Crippen molar-refractivity contribution in [1.82, 2.24) is 4.98 Å². The molecule has 0 fully saturated rings. The molecule has 0 aliphatic rings. The minimum Gasteiger partial charge on any atom is -0.243 e. The van der Waals surface area contributed by atoms with Crippen molar-refractivity contribution in [2.24, 2.45) is 0 Å². The Morgan fingerprint density at radius 3 is 2.47 bits per heavy atom. The number of rotatable bonds is 0. The van der Waals surface area contributed by atoms with E-state index in [1.54, 1.807) is 12.1 Å². The molecule has 0 N–H and O–H groups in total. The Labute approximate surface area is 88.5 Å². The van der Waals surface area contributed by atoms with Crippen molar-refractivity contribution in [3.05, 3.63) is 41.0 Å². The zero-order valence-corrected chi connectivity index (χ0v) is 8.10. The molecule has 15 heavy (non-hydrogen) atoms. The van der Waals surface area contributed by atoms with Crippen LogP contribution >= 0.6 is 11.6 Å². The van der Waals surface area contributed by atoms with Crippen LogP contribution in [0, 0.1) is 0 Å². The van der Waals surface area contributed by atoms with E-state index in [-0.39, 0.29) is 5.52 Å². The summed E-state index contributed by atoms with van der Waals surface area (Å²) in [6, 6.07) is 6.93. The quantitative estimate of drug-likeness (QED) is 0.670. The molecule has 2 rings (SSSR count). The molecule has 5 heteroatoms. The molecule has 1 aromatic heterocycles. The predicted octanol–water partition coefficient (Wildman–Crippen LogP) is 3.91. The molecule has 78 valence electrons. The molecule has 0 amide bonds. The molecule has 0 saturated carbocycles. The topological polar surface area (TPSA) is 12.9 Å². The first-order chi connectivity index (χ1) is 6.98. The Kier molecular flexibility index (Phi) is 2.31. The summed E-state index contributed by atoms with van der Waals surface area (Å²) in [6.45, 7) is 0. The second-order valence-electron chi connectivity index (χ2n) is 3.00. The van der Waals surface area contributed by atoms with Crippen molar-refractivity contribution in [2.45, 2.75) is 6.18 Å². The fourth-order valence-corrected chi connectivity index (χ4v) is 1.51. The van der Waals surface area contributed by atoms with Gasteiger partial charge in [0.2, 0.25) is 0 Å². The average Bonchev–Trinajstić information content (AvgIpc) is 2.16. The highest BCUT2D eigenvalue weighted by Crippen LogP contribution is 2.30. The average molecular weight is 232 g/mol. The third-order valence-electron chi connectivity index (χ3n) is 1.97. The summed E-state index contributed by atoms with van der Waals surface area (Å²) >= 11 is 5.80. The van der Waals surface area contributed by atoms with Crippen molar-refractivity contribution in [2.75, 3.05) is 0 Å². The SMILES string of the molecule is FC(F)(F)c1ccc2c(Cl)cccc2n1. The monoisotopic (exact) mass is 231 g/mol. The van der Waals surface area contributed by atoms with E-state index in [2.05, 4.69) is 4.98 Å². The molecule has 0 bridgehead atoms. The molecule has 0 aliphatic carbocycles. The van der Waals surface area contributed by atoms with Crippen LogP contribution in [-0.4, -0.2) is 4.98 Å². The Bertz CT molecular complexity index is 507. The highest BCUT2D eigenvalue weighted by atomic mass is 35.5. The fraction of sp³-hybridized carbons (Fsp3) is 0.100. The van der Waals surface area contributed by atoms with Gasteiger partial charge in [0.05, 0.1) is 5.52 Å². The van der Waals surface area contributed by atoms with Crippen LogP contribution in [0.15, 0.2) is 30.3 Å². The number of benzene rings is 1. The maximum absolute atomic E-state index is 12.3. The van der Waals surface area contributed by atoms with Crippen LogP contribution in [-0.2, 0) is 6.18 Å². The molecule has 1 nitrogen and oxygen atoms in total. The smallest absolute Gasteiger partial charge is 0.243 e. The normalized spacial score (nSPS) is 12.0. The number of pyridine rings is 1. The van der Waals surface area contributed by atoms with Gasteiger partial charge in [-0.2, -0.15) is 13.2 Å². The Balaban J connectivity index is 2.68. The third-order valence-corrected chi connectivity index (χ3v) is 2.30. The number of aromatic nitrogens is 1. The van der Waals surface area contributed by atoms with E-state index in [4.69, 9.17) is 11.6 Å². The largest absolute Gasteiger partial charge is 0.433 e. The summed E-state index contributed by atoms with van der Waals surface area (Å²) in [6.07, 6.45) is -4.42. The predicted molar refractivity (Wildman–Crippen MR) is 51.8 cm³/mol. The molecule has 0 spiro atoms. The molecule has 0 aliphatic heterocycles. The van der Waals surface area contributed by atoms with E-state index >= 15 is 0 Å². The van der Waals surface area contributed by atoms with Crippen molar-refractivity contribution in [3.8, 4) is 0 Å². The first-order valence-electron chi connectivity index (χ1n) is 4.11. The number of hydrogen-bond donors (Lipinski definition) is 0. The lowest BCUT2D eigenvalue weighted by Crippen LogP contribution is -2.07. The zero-order valence-electron chi connectivity index (χ0n) is 7.35. The standard InChI is InChI=1S/C10H5ClF3N/c11-7-2-1-3-8-6(7)4-5-9(15-8)10(12,13)14/h1-5H. The van der Waals surface area contributed by atoms with Crippen molar-refractivity contribution < 1.29 is 13.2 Å². The van der Waals surface area contributed by atoms with Gasteiger partial charge >= 0.3 is 6.18 Å². The van der Waals surface area contributed by atoms with Crippen LogP contribution in [0.5, 0.6) is 0 Å². The van der Waals surface area contributed by atoms with Crippen LogP contribution in [0.3, 0.4) is 0 Å². The lowest BCUT2D eigenvalue weighted by Gasteiger charge is -2.06. The minimum absolute atomic E-state index is 0.248. The maximum atomic E-state index is 12.3. The van der Waals surface area contributed by atoms with E-state index in [0.29, 0.717) is 10.4 Å². The van der Waals surface area contributed by atoms with Gasteiger partial charge in [0.15, 0.2) is 0 Å². The Morgan fingerprint density at radius 1 is 1.07 bits per heavy atom. The highest BCUT2D eigenvalue weighted by molar-refractivity contribution is 6.35. The van der Waals surface area contributed by atoms with Crippen LogP contribution < -0.4 is 0 Å². The van der Waals surface area contributed by atoms with E-state index in [1.807, 2.05) is 0 Å². The van der Waals surface area contributed by atoms with Crippen LogP contribution in [0.2, 0.25) is 5.02 Å². The van der Waals surface area contributed by atoms with E-state index in [0.717, 1.165) is 6.07 Å². The molecule has 0 radical (unpaired) electrons. The molecule has 1 heterocycles. The summed E-state index contributed by atoms with van der Waals surface area (Å²) in [5, 5.41) is 0.917. The minimum atomic E-state index is -4.42. The second-order valence-corrected chi connectivity index (χ2v) is 3.41. The first kappa shape index (κ1) is 10.2. The zero-order chi connectivity index (χ0) is 11.1. The molecule has 0 unspecified atom stereocenters. The maximum Gasteiger partial charge on any atom is 0.433 e. The molecule has 1 aromatic carbocycles. The number of fused-ring (bicyclic) bond motifs is 1. The lowest BCUT2D eigenvalue weighted by molar-refractivity contribution is -0.140. The lowest BCUT2D eigenvalue weighted by atomic mass is 10.2. The summed E-state index contributed by atoms with van der Waals surface area (Å²) in [5.74, 6) is 0. The van der Waals surface area contributed by atoms with Gasteiger partial charge in [-0.05, 0) is 24.3 Å². The van der Waals surface area contributed by atoms with Crippen LogP contribution in [0.4, 0.5) is 13.2 Å². The number of alkyl halides is 3. The molecular weight excluding hydrogens is 227 g/mol. The molecule has 2 aromatic rings. The summed E-state index contributed by atoms with van der Waals surface area (Å²) in [5.41, 5.74) is -0.658. The van der Waals surface area contributed by atoms with Crippen LogP contribution in [0.25, 0.3) is 10.9 Å². The van der Waals surface area contributed by atoms with Gasteiger partial charge in [-0.1, -0.05) is 17.7 Å². The van der Waals surface area contributed by atoms with Gasteiger partial charge in [0.25, 0.3) is 0 Å². The van der Waals surface area contributed by atoms with Gasteiger partial charge in [-0.3, -0.25) is 0 Å². The second kappa shape index (κ2) is 3.38. The first-order valence-corrected chi connectivity index (χ1v) is 4.49. The van der Waals surface area contributed by atoms with Crippen molar-refractivity contribution in [1.29, 1.82) is 0 Å². The van der Waals surface area contributed by atoms with Gasteiger partial charge in [0, 0.05) is 10.4 Å². The van der Waals surface area contributed by atoms with Crippen LogP contribution in [0.1, 0.15) is 5.69 Å². The summed E-state index contributed by atoms with van der Waals surface area (Å²) in [4.78, 5) is 3.50. The Morgan fingerprint density at radius 2 is 1.80 bits per heavy atom. The fourth-order valence-electron chi connectivity index (χ4n) is 1.28. The molecule has 0 saturated heterocycles. The van der Waals surface area contributed by atoms with Gasteiger partial charge in [-0.25, -0.2) is 4.98 Å². The molecular formula is C10H5ClF3N. The van der Waals surface area contributed by atoms with Crippen molar-refractivity contribution >= 4 is 22.5 Å². The Hall–Kier alpha value is -1.29. The molecule has 0 atom stereocenters. The van der Waals surface area contributed by atoms with E-state index < -0.39 is 11.9 Å². The highest BCUT2D eigenvalue weighted by Gasteiger charge is 2.32. The van der Waals surface area contributed by atoms with E-state index in [9.17, 15) is 13.2 Å². The van der Waals surface area contributed by atoms with Gasteiger partial charge in [-0.15, -0.1) is 0 Å². The number of hydrogen-bond acceptors (Lipinski definition) is 1. The number of nitrogens with zero attached hydrogens (tertiary/aromatic N) is 1. The van der Waals surface area contributed by atoms with Gasteiger partial charge in [0.1, 0.15) is 5.69 Å².